The van der Waals surface area contributed by atoms with Crippen molar-refractivity contribution in [2.75, 3.05) is 0 Å². The second-order valence-corrected chi connectivity index (χ2v) is 10.3. The number of hydrogen-bond acceptors (Lipinski definition) is 3. The minimum absolute atomic E-state index is 0.116. The van der Waals surface area contributed by atoms with Gasteiger partial charge in [-0.25, -0.2) is 0 Å². The molecule has 0 radical (unpaired) electrons. The van der Waals surface area contributed by atoms with Crippen LogP contribution in [-0.4, -0.2) is 23.8 Å². The average Bonchev–Trinajstić information content (AvgIpc) is 3.03. The number of carbonyl (C=O) groups is 1. The van der Waals surface area contributed by atoms with Crippen molar-refractivity contribution in [2.45, 2.75) is 84.2 Å². The number of ether oxygens (including phenoxy) is 2. The van der Waals surface area contributed by atoms with E-state index < -0.39 is 5.79 Å². The van der Waals surface area contributed by atoms with Crippen LogP contribution in [0, 0.1) is 34.5 Å². The zero-order valence-electron chi connectivity index (χ0n) is 16.1. The van der Waals surface area contributed by atoms with Crippen LogP contribution in [0.2, 0.25) is 0 Å². The van der Waals surface area contributed by atoms with Gasteiger partial charge in [0, 0.05) is 11.8 Å². The number of carbonyl (C=O) groups excluding carboxylic acids is 1. The number of allylic oxidation sites excluding steroid dienone is 2. The van der Waals surface area contributed by atoms with E-state index in [0.29, 0.717) is 29.5 Å². The summed E-state index contributed by atoms with van der Waals surface area (Å²) < 4.78 is 13.1. The third-order valence-electron chi connectivity index (χ3n) is 8.79. The third-order valence-corrected chi connectivity index (χ3v) is 8.79. The molecule has 1 saturated heterocycles. The summed E-state index contributed by atoms with van der Waals surface area (Å²) >= 11 is 0. The van der Waals surface area contributed by atoms with Crippen LogP contribution in [-0.2, 0) is 14.3 Å². The highest BCUT2D eigenvalue weighted by Gasteiger charge is 2.67. The molecule has 0 bridgehead atoms. The highest BCUT2D eigenvalue weighted by atomic mass is 16.8. The molecule has 1 aliphatic heterocycles. The quantitative estimate of drug-likeness (QED) is 0.607. The molecule has 1 heterocycles. The van der Waals surface area contributed by atoms with Gasteiger partial charge >= 0.3 is 0 Å². The van der Waals surface area contributed by atoms with Crippen LogP contribution in [0.4, 0.5) is 0 Å². The van der Waals surface area contributed by atoms with Crippen molar-refractivity contribution in [3.63, 3.8) is 0 Å². The molecular weight excluding hydrogens is 312 g/mol. The lowest BCUT2D eigenvalue weighted by Crippen LogP contribution is -2.62. The summed E-state index contributed by atoms with van der Waals surface area (Å²) in [6.07, 6.45) is 11.4. The zero-order chi connectivity index (χ0) is 17.6. The predicted molar refractivity (Wildman–Crippen MR) is 95.8 cm³/mol. The van der Waals surface area contributed by atoms with Gasteiger partial charge < -0.3 is 9.47 Å². The van der Waals surface area contributed by atoms with E-state index in [1.54, 1.807) is 0 Å². The SMILES string of the molecule is CC1(C)O[C@@H]2C3C(CC[C@]4(C)C(=O)CCC34)[C@@]3(C)CC=CCC3[C@H]2O1. The molecule has 0 aromatic carbocycles. The van der Waals surface area contributed by atoms with Crippen molar-refractivity contribution in [2.24, 2.45) is 34.5 Å². The molecule has 4 fully saturated rings. The summed E-state index contributed by atoms with van der Waals surface area (Å²) in [5.41, 5.74) is 0.173. The molecule has 0 N–H and O–H groups in total. The Labute approximate surface area is 151 Å². The number of fused-ring (bicyclic) bond motifs is 8. The first-order valence-electron chi connectivity index (χ1n) is 10.3. The Balaban J connectivity index is 1.62. The Morgan fingerprint density at radius 1 is 0.960 bits per heavy atom. The topological polar surface area (TPSA) is 35.5 Å². The van der Waals surface area contributed by atoms with E-state index >= 15 is 0 Å². The van der Waals surface area contributed by atoms with Crippen molar-refractivity contribution < 1.29 is 14.3 Å². The van der Waals surface area contributed by atoms with Gasteiger partial charge in [-0.1, -0.05) is 26.0 Å². The van der Waals surface area contributed by atoms with Crippen molar-refractivity contribution in [3.8, 4) is 0 Å². The lowest BCUT2D eigenvalue weighted by Gasteiger charge is -2.61. The lowest BCUT2D eigenvalue weighted by atomic mass is 9.44. The van der Waals surface area contributed by atoms with E-state index in [0.717, 1.165) is 32.1 Å². The molecule has 5 rings (SSSR count). The average molecular weight is 344 g/mol. The Hall–Kier alpha value is -0.670. The monoisotopic (exact) mass is 344 g/mol. The first-order valence-corrected chi connectivity index (χ1v) is 10.3. The summed E-state index contributed by atoms with van der Waals surface area (Å²) in [6.45, 7) is 8.88. The zero-order valence-corrected chi connectivity index (χ0v) is 16.1. The maximum atomic E-state index is 12.7. The molecule has 3 saturated carbocycles. The Morgan fingerprint density at radius 3 is 2.52 bits per heavy atom. The summed E-state index contributed by atoms with van der Waals surface area (Å²) in [5, 5.41) is 0. The highest BCUT2D eigenvalue weighted by molar-refractivity contribution is 5.87. The van der Waals surface area contributed by atoms with Gasteiger partial charge in [-0.3, -0.25) is 4.79 Å². The molecule has 0 aromatic heterocycles. The number of Topliss-reactive ketones (excluding diaryl/α,β-unsaturated/α-hetero) is 1. The Bertz CT molecular complexity index is 637. The molecule has 4 aliphatic carbocycles. The molecule has 25 heavy (non-hydrogen) atoms. The van der Waals surface area contributed by atoms with Gasteiger partial charge in [0.1, 0.15) is 5.78 Å². The molecular formula is C22H32O3. The van der Waals surface area contributed by atoms with Crippen LogP contribution in [0.15, 0.2) is 12.2 Å². The molecule has 4 unspecified atom stereocenters. The van der Waals surface area contributed by atoms with Gasteiger partial charge in [0.25, 0.3) is 0 Å². The van der Waals surface area contributed by atoms with E-state index in [4.69, 9.17) is 9.47 Å². The molecule has 0 spiro atoms. The standard InChI is InChI=1S/C22H32O3/c1-20(2)24-18-15-7-5-6-11-21(15,3)14-10-12-22(4)13(8-9-16(22)23)17(14)19(18)25-20/h5-6,13-15,17-19H,7-12H2,1-4H3/t13?,14?,15?,17?,18-,19-,21-,22+/m1/s1. The smallest absolute Gasteiger partial charge is 0.163 e. The molecule has 3 heteroatoms. The van der Waals surface area contributed by atoms with Gasteiger partial charge in [0.15, 0.2) is 5.79 Å². The lowest BCUT2D eigenvalue weighted by molar-refractivity contribution is -0.169. The van der Waals surface area contributed by atoms with Crippen LogP contribution < -0.4 is 0 Å². The molecule has 3 nitrogen and oxygen atoms in total. The maximum Gasteiger partial charge on any atom is 0.163 e. The van der Waals surface area contributed by atoms with Crippen molar-refractivity contribution in [3.05, 3.63) is 12.2 Å². The minimum Gasteiger partial charge on any atom is -0.344 e. The van der Waals surface area contributed by atoms with Crippen LogP contribution >= 0.6 is 0 Å². The fraction of sp³-hybridized carbons (Fsp3) is 0.864. The summed E-state index contributed by atoms with van der Waals surface area (Å²) in [6, 6.07) is 0. The first-order chi connectivity index (χ1) is 11.8. The molecule has 0 aromatic rings. The number of ketones is 1. The fourth-order valence-electron chi connectivity index (χ4n) is 7.56. The van der Waals surface area contributed by atoms with Gasteiger partial charge in [-0.05, 0) is 75.0 Å². The molecule has 8 atom stereocenters. The van der Waals surface area contributed by atoms with Crippen LogP contribution in [0.25, 0.3) is 0 Å². The summed E-state index contributed by atoms with van der Waals surface area (Å²) in [4.78, 5) is 12.7. The van der Waals surface area contributed by atoms with Crippen molar-refractivity contribution in [1.29, 1.82) is 0 Å². The van der Waals surface area contributed by atoms with Crippen LogP contribution in [0.5, 0.6) is 0 Å². The number of hydrogen-bond donors (Lipinski definition) is 0. The van der Waals surface area contributed by atoms with Gasteiger partial charge in [0.05, 0.1) is 12.2 Å². The number of rotatable bonds is 0. The van der Waals surface area contributed by atoms with E-state index in [2.05, 4.69) is 39.8 Å². The first kappa shape index (κ1) is 16.5. The third kappa shape index (κ3) is 2.03. The summed E-state index contributed by atoms with van der Waals surface area (Å²) in [5.74, 6) is 2.17. The van der Waals surface area contributed by atoms with Gasteiger partial charge in [-0.15, -0.1) is 0 Å². The normalized spacial score (nSPS) is 56.1. The fourth-order valence-corrected chi connectivity index (χ4v) is 7.56. The molecule has 0 amide bonds. The predicted octanol–water partition coefficient (Wildman–Crippen LogP) is 4.50. The van der Waals surface area contributed by atoms with E-state index in [1.165, 1.54) is 6.42 Å². The Kier molecular flexibility index (Phi) is 3.29. The second-order valence-electron chi connectivity index (χ2n) is 10.3. The van der Waals surface area contributed by atoms with E-state index in [9.17, 15) is 4.79 Å². The van der Waals surface area contributed by atoms with E-state index in [1.807, 2.05) is 0 Å². The highest BCUT2D eigenvalue weighted by Crippen LogP contribution is 2.67. The van der Waals surface area contributed by atoms with Crippen LogP contribution in [0.1, 0.15) is 66.2 Å². The van der Waals surface area contributed by atoms with Gasteiger partial charge in [-0.2, -0.15) is 0 Å². The second kappa shape index (κ2) is 4.98. The maximum absolute atomic E-state index is 12.7. The molecule has 138 valence electrons. The Morgan fingerprint density at radius 2 is 1.72 bits per heavy atom. The minimum atomic E-state index is -0.497. The van der Waals surface area contributed by atoms with Crippen molar-refractivity contribution in [1.82, 2.24) is 0 Å². The van der Waals surface area contributed by atoms with Crippen molar-refractivity contribution >= 4 is 5.78 Å². The molecule has 5 aliphatic rings. The largest absolute Gasteiger partial charge is 0.344 e. The van der Waals surface area contributed by atoms with E-state index in [-0.39, 0.29) is 23.0 Å². The summed E-state index contributed by atoms with van der Waals surface area (Å²) in [7, 11) is 0. The van der Waals surface area contributed by atoms with Crippen LogP contribution in [0.3, 0.4) is 0 Å². The van der Waals surface area contributed by atoms with Gasteiger partial charge in [0.2, 0.25) is 0 Å².